The molecule has 0 saturated heterocycles. The number of aliphatic hydroxyl groups is 1. The van der Waals surface area contributed by atoms with E-state index >= 15 is 0 Å². The van der Waals surface area contributed by atoms with Crippen molar-refractivity contribution in [2.75, 3.05) is 0 Å². The molecule has 1 fully saturated rings. The molecule has 3 rings (SSSR count). The van der Waals surface area contributed by atoms with Gasteiger partial charge in [-0.15, -0.1) is 0 Å². The number of halogens is 2. The van der Waals surface area contributed by atoms with E-state index < -0.39 is 17.7 Å². The quantitative estimate of drug-likeness (QED) is 0.890. The van der Waals surface area contributed by atoms with E-state index in [1.807, 2.05) is 30.3 Å². The molecule has 1 nitrogen and oxygen atoms in total. The van der Waals surface area contributed by atoms with Crippen LogP contribution in [0.5, 0.6) is 0 Å². The van der Waals surface area contributed by atoms with Gasteiger partial charge in [-0.1, -0.05) is 36.4 Å². The van der Waals surface area contributed by atoms with Gasteiger partial charge >= 0.3 is 0 Å². The fraction of sp³-hybridized carbons (Fsp3) is 0.250. The molecular weight excluding hydrogens is 246 g/mol. The maximum absolute atomic E-state index is 13.6. The van der Waals surface area contributed by atoms with E-state index in [2.05, 4.69) is 0 Å². The molecule has 0 spiro atoms. The van der Waals surface area contributed by atoms with Gasteiger partial charge in [0.05, 0.1) is 11.7 Å². The summed E-state index contributed by atoms with van der Waals surface area (Å²) < 4.78 is 27.2. The van der Waals surface area contributed by atoms with E-state index in [1.165, 1.54) is 18.2 Å². The van der Waals surface area contributed by atoms with E-state index in [0.717, 1.165) is 12.0 Å². The monoisotopic (exact) mass is 260 g/mol. The van der Waals surface area contributed by atoms with Crippen molar-refractivity contribution >= 4 is 0 Å². The van der Waals surface area contributed by atoms with Crippen molar-refractivity contribution in [1.29, 1.82) is 0 Å². The minimum Gasteiger partial charge on any atom is -0.388 e. The Balaban J connectivity index is 1.82. The topological polar surface area (TPSA) is 20.2 Å². The Labute approximate surface area is 110 Å². The number of hydrogen-bond acceptors (Lipinski definition) is 1. The third-order valence-electron chi connectivity index (χ3n) is 3.77. The van der Waals surface area contributed by atoms with Gasteiger partial charge in [-0.25, -0.2) is 8.78 Å². The first-order chi connectivity index (χ1) is 9.18. The highest BCUT2D eigenvalue weighted by molar-refractivity contribution is 5.30. The van der Waals surface area contributed by atoms with Crippen molar-refractivity contribution in [2.45, 2.75) is 18.4 Å². The Morgan fingerprint density at radius 2 is 1.58 bits per heavy atom. The van der Waals surface area contributed by atoms with Crippen LogP contribution in [0.2, 0.25) is 0 Å². The van der Waals surface area contributed by atoms with Gasteiger partial charge in [0, 0.05) is 0 Å². The molecule has 19 heavy (non-hydrogen) atoms. The summed E-state index contributed by atoms with van der Waals surface area (Å²) in [5.74, 6) is -1.26. The maximum atomic E-state index is 13.6. The first kappa shape index (κ1) is 12.3. The Kier molecular flexibility index (Phi) is 3.07. The van der Waals surface area contributed by atoms with Crippen LogP contribution in [0.15, 0.2) is 48.5 Å². The fourth-order valence-corrected chi connectivity index (χ4v) is 2.65. The van der Waals surface area contributed by atoms with Crippen LogP contribution in [-0.2, 0) is 0 Å². The van der Waals surface area contributed by atoms with Crippen molar-refractivity contribution < 1.29 is 13.9 Å². The first-order valence-corrected chi connectivity index (χ1v) is 6.35. The summed E-state index contributed by atoms with van der Waals surface area (Å²) in [6.45, 7) is 0. The van der Waals surface area contributed by atoms with E-state index in [1.54, 1.807) is 0 Å². The molecule has 0 aliphatic heterocycles. The normalized spacial score (nSPS) is 23.1. The molecule has 98 valence electrons. The lowest BCUT2D eigenvalue weighted by atomic mass is 10.0. The van der Waals surface area contributed by atoms with Crippen molar-refractivity contribution in [2.24, 2.45) is 5.92 Å². The molecule has 0 aromatic heterocycles. The fourth-order valence-electron chi connectivity index (χ4n) is 2.65. The van der Waals surface area contributed by atoms with Gasteiger partial charge < -0.3 is 5.11 Å². The zero-order valence-corrected chi connectivity index (χ0v) is 10.3. The molecule has 1 N–H and O–H groups in total. The van der Waals surface area contributed by atoms with Crippen LogP contribution in [0, 0.1) is 17.6 Å². The molecule has 0 heterocycles. The van der Waals surface area contributed by atoms with Crippen molar-refractivity contribution in [3.05, 3.63) is 71.3 Å². The highest BCUT2D eigenvalue weighted by Gasteiger charge is 2.45. The summed E-state index contributed by atoms with van der Waals surface area (Å²) in [5.41, 5.74) is 0.911. The highest BCUT2D eigenvalue weighted by Crippen LogP contribution is 2.54. The Morgan fingerprint density at radius 3 is 2.21 bits per heavy atom. The SMILES string of the molecule is OC(c1c(F)cccc1F)C1CC1c1ccccc1. The molecule has 1 aliphatic rings. The Bertz CT molecular complexity index is 562. The van der Waals surface area contributed by atoms with Gasteiger partial charge in [0.25, 0.3) is 0 Å². The largest absolute Gasteiger partial charge is 0.388 e. The van der Waals surface area contributed by atoms with Gasteiger partial charge in [0.1, 0.15) is 11.6 Å². The second-order valence-corrected chi connectivity index (χ2v) is 5.00. The van der Waals surface area contributed by atoms with E-state index in [0.29, 0.717) is 0 Å². The van der Waals surface area contributed by atoms with Gasteiger partial charge in [0.2, 0.25) is 0 Å². The van der Waals surface area contributed by atoms with E-state index in [4.69, 9.17) is 0 Å². The predicted octanol–water partition coefficient (Wildman–Crippen LogP) is 3.80. The van der Waals surface area contributed by atoms with E-state index in [9.17, 15) is 13.9 Å². The van der Waals surface area contributed by atoms with Crippen LogP contribution >= 0.6 is 0 Å². The molecule has 0 radical (unpaired) electrons. The lowest BCUT2D eigenvalue weighted by molar-refractivity contribution is 0.142. The average molecular weight is 260 g/mol. The molecule has 2 aromatic rings. The van der Waals surface area contributed by atoms with Crippen LogP contribution in [0.1, 0.15) is 29.6 Å². The summed E-state index contributed by atoms with van der Waals surface area (Å²) >= 11 is 0. The highest BCUT2D eigenvalue weighted by atomic mass is 19.1. The van der Waals surface area contributed by atoms with Crippen LogP contribution in [0.4, 0.5) is 8.78 Å². The Hall–Kier alpha value is -1.74. The lowest BCUT2D eigenvalue weighted by Gasteiger charge is -2.12. The summed E-state index contributed by atoms with van der Waals surface area (Å²) in [6, 6.07) is 13.4. The molecule has 2 aromatic carbocycles. The molecule has 3 heteroatoms. The van der Waals surface area contributed by atoms with Crippen LogP contribution < -0.4 is 0 Å². The smallest absolute Gasteiger partial charge is 0.131 e. The van der Waals surface area contributed by atoms with E-state index in [-0.39, 0.29) is 17.4 Å². The lowest BCUT2D eigenvalue weighted by Crippen LogP contribution is -2.07. The second kappa shape index (κ2) is 4.74. The van der Waals surface area contributed by atoms with Crippen LogP contribution in [0.3, 0.4) is 0 Å². The number of rotatable bonds is 3. The first-order valence-electron chi connectivity index (χ1n) is 6.35. The number of hydrogen-bond donors (Lipinski definition) is 1. The molecular formula is C16H14F2O. The minimum absolute atomic E-state index is 0.103. The Morgan fingerprint density at radius 1 is 0.947 bits per heavy atom. The number of benzene rings is 2. The van der Waals surface area contributed by atoms with Gasteiger partial charge in [-0.3, -0.25) is 0 Å². The number of aliphatic hydroxyl groups excluding tert-OH is 1. The third kappa shape index (κ3) is 2.26. The maximum Gasteiger partial charge on any atom is 0.131 e. The molecule has 3 atom stereocenters. The van der Waals surface area contributed by atoms with Crippen LogP contribution in [0.25, 0.3) is 0 Å². The zero-order valence-electron chi connectivity index (χ0n) is 10.3. The third-order valence-corrected chi connectivity index (χ3v) is 3.77. The zero-order chi connectivity index (χ0) is 13.4. The predicted molar refractivity (Wildman–Crippen MR) is 68.6 cm³/mol. The summed E-state index contributed by atoms with van der Waals surface area (Å²) in [6.07, 6.45) is -0.315. The molecule has 0 amide bonds. The molecule has 1 saturated carbocycles. The molecule has 3 unspecified atom stereocenters. The molecule has 0 bridgehead atoms. The van der Waals surface area contributed by atoms with Crippen molar-refractivity contribution in [3.63, 3.8) is 0 Å². The minimum atomic E-state index is -1.08. The van der Waals surface area contributed by atoms with Gasteiger partial charge in [-0.2, -0.15) is 0 Å². The summed E-state index contributed by atoms with van der Waals surface area (Å²) in [5, 5.41) is 10.2. The summed E-state index contributed by atoms with van der Waals surface area (Å²) in [4.78, 5) is 0. The average Bonchev–Trinajstić information content (AvgIpc) is 3.19. The molecule has 1 aliphatic carbocycles. The van der Waals surface area contributed by atoms with Crippen LogP contribution in [-0.4, -0.2) is 5.11 Å². The second-order valence-electron chi connectivity index (χ2n) is 5.00. The standard InChI is InChI=1S/C16H14F2O/c17-13-7-4-8-14(18)15(13)16(19)12-9-11(12)10-5-2-1-3-6-10/h1-8,11-12,16,19H,9H2. The van der Waals surface area contributed by atoms with Crippen molar-refractivity contribution in [1.82, 2.24) is 0 Å². The summed E-state index contributed by atoms with van der Waals surface area (Å²) in [7, 11) is 0. The van der Waals surface area contributed by atoms with Gasteiger partial charge in [0.15, 0.2) is 0 Å². The van der Waals surface area contributed by atoms with Gasteiger partial charge in [-0.05, 0) is 36.0 Å². The van der Waals surface area contributed by atoms with Crippen molar-refractivity contribution in [3.8, 4) is 0 Å².